The first kappa shape index (κ1) is 12.2. The van der Waals surface area contributed by atoms with Gasteiger partial charge in [-0.05, 0) is 24.3 Å². The maximum atomic E-state index is 4.31. The van der Waals surface area contributed by atoms with E-state index in [1.54, 1.807) is 13.2 Å². The summed E-state index contributed by atoms with van der Waals surface area (Å²) in [6.07, 6.45) is 1.72. The molecular formula is C13H17N5. The highest BCUT2D eigenvalue weighted by Gasteiger charge is 2.00. The molecule has 0 amide bonds. The third kappa shape index (κ3) is 2.88. The van der Waals surface area contributed by atoms with E-state index >= 15 is 0 Å². The van der Waals surface area contributed by atoms with E-state index < -0.39 is 0 Å². The van der Waals surface area contributed by atoms with Crippen molar-refractivity contribution >= 4 is 23.1 Å². The fourth-order valence-corrected chi connectivity index (χ4v) is 1.56. The topological polar surface area (TPSA) is 53.1 Å². The van der Waals surface area contributed by atoms with Gasteiger partial charge in [-0.1, -0.05) is 6.07 Å². The molecule has 0 fully saturated rings. The van der Waals surface area contributed by atoms with Crippen LogP contribution in [0.4, 0.5) is 23.1 Å². The van der Waals surface area contributed by atoms with Crippen LogP contribution in [0.3, 0.4) is 0 Å². The average molecular weight is 243 g/mol. The number of aromatic nitrogens is 2. The maximum Gasteiger partial charge on any atom is 0.224 e. The maximum absolute atomic E-state index is 4.31. The first-order valence-corrected chi connectivity index (χ1v) is 5.74. The number of anilines is 4. The molecular weight excluding hydrogens is 226 g/mol. The molecule has 0 radical (unpaired) electrons. The third-order valence-corrected chi connectivity index (χ3v) is 2.51. The molecule has 2 aromatic rings. The Morgan fingerprint density at radius 2 is 2.00 bits per heavy atom. The number of nitrogens with one attached hydrogen (secondary N) is 2. The van der Waals surface area contributed by atoms with Crippen LogP contribution < -0.4 is 15.5 Å². The van der Waals surface area contributed by atoms with Gasteiger partial charge in [0.2, 0.25) is 5.95 Å². The van der Waals surface area contributed by atoms with Crippen molar-refractivity contribution in [1.29, 1.82) is 0 Å². The smallest absolute Gasteiger partial charge is 0.224 e. The van der Waals surface area contributed by atoms with Crippen LogP contribution in [-0.4, -0.2) is 31.1 Å². The van der Waals surface area contributed by atoms with Gasteiger partial charge in [-0.25, -0.2) is 4.98 Å². The second kappa shape index (κ2) is 5.35. The standard InChI is InChI=1S/C13H17N5/c1-14-13-15-8-7-12(17-13)16-10-5-4-6-11(9-10)18(2)3/h4-9H,1-3H3,(H2,14,15,16,17). The molecule has 0 aliphatic rings. The Labute approximate surface area is 107 Å². The fourth-order valence-electron chi connectivity index (χ4n) is 1.56. The molecule has 5 heteroatoms. The number of hydrogen-bond acceptors (Lipinski definition) is 5. The molecule has 0 aliphatic heterocycles. The van der Waals surface area contributed by atoms with Crippen molar-refractivity contribution in [3.8, 4) is 0 Å². The van der Waals surface area contributed by atoms with E-state index in [9.17, 15) is 0 Å². The van der Waals surface area contributed by atoms with E-state index in [0.29, 0.717) is 5.95 Å². The lowest BCUT2D eigenvalue weighted by Gasteiger charge is -2.14. The number of nitrogens with zero attached hydrogens (tertiary/aromatic N) is 3. The summed E-state index contributed by atoms with van der Waals surface area (Å²) in [6, 6.07) is 9.99. The highest BCUT2D eigenvalue weighted by Crippen LogP contribution is 2.20. The van der Waals surface area contributed by atoms with Gasteiger partial charge in [0.15, 0.2) is 0 Å². The first-order valence-electron chi connectivity index (χ1n) is 5.74. The second-order valence-corrected chi connectivity index (χ2v) is 4.09. The van der Waals surface area contributed by atoms with Crippen LogP contribution >= 0.6 is 0 Å². The van der Waals surface area contributed by atoms with E-state index in [0.717, 1.165) is 17.2 Å². The van der Waals surface area contributed by atoms with Gasteiger partial charge in [-0.3, -0.25) is 0 Å². The molecule has 1 aromatic carbocycles. The Morgan fingerprint density at radius 1 is 1.17 bits per heavy atom. The minimum atomic E-state index is 0.601. The van der Waals surface area contributed by atoms with E-state index in [4.69, 9.17) is 0 Å². The molecule has 0 saturated heterocycles. The quantitative estimate of drug-likeness (QED) is 0.863. The molecule has 0 atom stereocenters. The van der Waals surface area contributed by atoms with Crippen molar-refractivity contribution in [1.82, 2.24) is 9.97 Å². The average Bonchev–Trinajstić information content (AvgIpc) is 2.39. The van der Waals surface area contributed by atoms with Crippen LogP contribution in [0.15, 0.2) is 36.5 Å². The number of rotatable bonds is 4. The molecule has 0 spiro atoms. The monoisotopic (exact) mass is 243 g/mol. The van der Waals surface area contributed by atoms with Gasteiger partial charge in [0, 0.05) is 38.7 Å². The van der Waals surface area contributed by atoms with Crippen LogP contribution in [0.1, 0.15) is 0 Å². The van der Waals surface area contributed by atoms with E-state index in [2.05, 4.69) is 37.6 Å². The van der Waals surface area contributed by atoms with Crippen molar-refractivity contribution in [3.63, 3.8) is 0 Å². The predicted molar refractivity (Wildman–Crippen MR) is 75.6 cm³/mol. The highest BCUT2D eigenvalue weighted by atomic mass is 15.1. The van der Waals surface area contributed by atoms with E-state index in [1.165, 1.54) is 0 Å². The zero-order valence-corrected chi connectivity index (χ0v) is 10.8. The van der Waals surface area contributed by atoms with Crippen LogP contribution in [-0.2, 0) is 0 Å². The lowest BCUT2D eigenvalue weighted by atomic mass is 10.2. The van der Waals surface area contributed by atoms with E-state index in [-0.39, 0.29) is 0 Å². The third-order valence-electron chi connectivity index (χ3n) is 2.51. The van der Waals surface area contributed by atoms with Gasteiger partial charge in [-0.2, -0.15) is 4.98 Å². The summed E-state index contributed by atoms with van der Waals surface area (Å²) in [5.41, 5.74) is 2.14. The fraction of sp³-hybridized carbons (Fsp3) is 0.231. The Bertz CT molecular complexity index is 524. The molecule has 94 valence electrons. The zero-order chi connectivity index (χ0) is 13.0. The molecule has 0 unspecified atom stereocenters. The molecule has 1 aromatic heterocycles. The van der Waals surface area contributed by atoms with Crippen molar-refractivity contribution in [2.45, 2.75) is 0 Å². The van der Waals surface area contributed by atoms with Crippen molar-refractivity contribution in [3.05, 3.63) is 36.5 Å². The van der Waals surface area contributed by atoms with Crippen molar-refractivity contribution in [2.24, 2.45) is 0 Å². The SMILES string of the molecule is CNc1nccc(Nc2cccc(N(C)C)c2)n1. The minimum absolute atomic E-state index is 0.601. The Morgan fingerprint density at radius 3 is 2.72 bits per heavy atom. The van der Waals surface area contributed by atoms with Crippen molar-refractivity contribution < 1.29 is 0 Å². The molecule has 0 aliphatic carbocycles. The summed E-state index contributed by atoms with van der Waals surface area (Å²) >= 11 is 0. The molecule has 1 heterocycles. The predicted octanol–water partition coefficient (Wildman–Crippen LogP) is 2.33. The molecule has 18 heavy (non-hydrogen) atoms. The Balaban J connectivity index is 2.20. The van der Waals surface area contributed by atoms with Gasteiger partial charge < -0.3 is 15.5 Å². The van der Waals surface area contributed by atoms with Crippen LogP contribution in [0.25, 0.3) is 0 Å². The molecule has 0 bridgehead atoms. The highest BCUT2D eigenvalue weighted by molar-refractivity contribution is 5.63. The van der Waals surface area contributed by atoms with Crippen LogP contribution in [0, 0.1) is 0 Å². The summed E-state index contributed by atoms with van der Waals surface area (Å²) in [5.74, 6) is 1.37. The molecule has 5 nitrogen and oxygen atoms in total. The summed E-state index contributed by atoms with van der Waals surface area (Å²) in [7, 11) is 5.83. The van der Waals surface area contributed by atoms with Gasteiger partial charge in [0.05, 0.1) is 0 Å². The summed E-state index contributed by atoms with van der Waals surface area (Å²) in [6.45, 7) is 0. The van der Waals surface area contributed by atoms with Gasteiger partial charge in [-0.15, -0.1) is 0 Å². The normalized spacial score (nSPS) is 9.94. The van der Waals surface area contributed by atoms with Crippen LogP contribution in [0.2, 0.25) is 0 Å². The molecule has 2 rings (SSSR count). The summed E-state index contributed by atoms with van der Waals surface area (Å²) in [4.78, 5) is 10.4. The Hall–Kier alpha value is -2.30. The minimum Gasteiger partial charge on any atom is -0.378 e. The summed E-state index contributed by atoms with van der Waals surface area (Å²) < 4.78 is 0. The number of benzene rings is 1. The lowest BCUT2D eigenvalue weighted by Crippen LogP contribution is -2.08. The largest absolute Gasteiger partial charge is 0.378 e. The summed E-state index contributed by atoms with van der Waals surface area (Å²) in [5, 5.41) is 6.17. The number of hydrogen-bond donors (Lipinski definition) is 2. The van der Waals surface area contributed by atoms with Gasteiger partial charge in [0.1, 0.15) is 5.82 Å². The van der Waals surface area contributed by atoms with Crippen LogP contribution in [0.5, 0.6) is 0 Å². The first-order chi connectivity index (χ1) is 8.69. The van der Waals surface area contributed by atoms with Gasteiger partial charge >= 0.3 is 0 Å². The zero-order valence-electron chi connectivity index (χ0n) is 10.8. The molecule has 0 saturated carbocycles. The van der Waals surface area contributed by atoms with E-state index in [1.807, 2.05) is 32.3 Å². The second-order valence-electron chi connectivity index (χ2n) is 4.09. The molecule has 2 N–H and O–H groups in total. The van der Waals surface area contributed by atoms with Crippen molar-refractivity contribution in [2.75, 3.05) is 36.7 Å². The van der Waals surface area contributed by atoms with Gasteiger partial charge in [0.25, 0.3) is 0 Å². The lowest BCUT2D eigenvalue weighted by molar-refractivity contribution is 1.13. The Kier molecular flexibility index (Phi) is 3.62.